The molecule has 10 heteroatoms. The smallest absolute Gasteiger partial charge is 0.416 e. The molecule has 6 nitrogen and oxygen atoms in total. The summed E-state index contributed by atoms with van der Waals surface area (Å²) in [6, 6.07) is 11.9. The molecule has 1 N–H and O–H groups in total. The molecular formula is C23H20F3N3O3S. The maximum absolute atomic E-state index is 13.0. The van der Waals surface area contributed by atoms with E-state index in [-0.39, 0.29) is 24.0 Å². The highest BCUT2D eigenvalue weighted by Gasteiger charge is 2.31. The number of ether oxygens (including phenoxy) is 1. The Morgan fingerprint density at radius 2 is 1.91 bits per heavy atom. The zero-order valence-corrected chi connectivity index (χ0v) is 18.5. The van der Waals surface area contributed by atoms with Gasteiger partial charge in [0.1, 0.15) is 5.75 Å². The highest BCUT2D eigenvalue weighted by Crippen LogP contribution is 2.35. The van der Waals surface area contributed by atoms with Crippen molar-refractivity contribution in [3.05, 3.63) is 71.2 Å². The van der Waals surface area contributed by atoms with Crippen molar-refractivity contribution in [1.29, 1.82) is 0 Å². The first-order valence-corrected chi connectivity index (χ1v) is 10.7. The number of alkyl halides is 3. The van der Waals surface area contributed by atoms with Crippen LogP contribution in [0.25, 0.3) is 6.08 Å². The fourth-order valence-corrected chi connectivity index (χ4v) is 3.74. The van der Waals surface area contributed by atoms with Gasteiger partial charge in [-0.15, -0.1) is 11.3 Å². The van der Waals surface area contributed by atoms with Crippen molar-refractivity contribution in [2.75, 3.05) is 16.8 Å². The van der Waals surface area contributed by atoms with E-state index in [1.807, 2.05) is 6.07 Å². The zero-order chi connectivity index (χ0) is 24.0. The van der Waals surface area contributed by atoms with E-state index >= 15 is 0 Å². The van der Waals surface area contributed by atoms with E-state index in [0.29, 0.717) is 16.5 Å². The molecule has 2 amide bonds. The molecule has 0 aliphatic heterocycles. The molecule has 0 aliphatic carbocycles. The van der Waals surface area contributed by atoms with Gasteiger partial charge in [0.25, 0.3) is 0 Å². The Morgan fingerprint density at radius 1 is 1.18 bits per heavy atom. The SMILES string of the molecule is CCOc1ccc(C(F)(F)F)cc1NC(=O)/C=C/c1csc(N(C(C)=O)c2ccccc2)n1. The number of carbonyl (C=O) groups is 2. The summed E-state index contributed by atoms with van der Waals surface area (Å²) in [7, 11) is 0. The van der Waals surface area contributed by atoms with Crippen LogP contribution in [0.15, 0.2) is 60.0 Å². The summed E-state index contributed by atoms with van der Waals surface area (Å²) in [6.07, 6.45) is -2.00. The van der Waals surface area contributed by atoms with Crippen LogP contribution < -0.4 is 15.0 Å². The molecular weight excluding hydrogens is 455 g/mol. The molecule has 0 bridgehead atoms. The van der Waals surface area contributed by atoms with Crippen molar-refractivity contribution in [1.82, 2.24) is 4.98 Å². The van der Waals surface area contributed by atoms with E-state index in [9.17, 15) is 22.8 Å². The topological polar surface area (TPSA) is 71.5 Å². The number of nitrogens with zero attached hydrogens (tertiary/aromatic N) is 2. The van der Waals surface area contributed by atoms with Crippen LogP contribution in [0.1, 0.15) is 25.1 Å². The van der Waals surface area contributed by atoms with E-state index in [4.69, 9.17) is 4.74 Å². The van der Waals surface area contributed by atoms with Gasteiger partial charge in [0.2, 0.25) is 11.8 Å². The highest BCUT2D eigenvalue weighted by atomic mass is 32.1. The van der Waals surface area contributed by atoms with Crippen molar-refractivity contribution in [3.8, 4) is 5.75 Å². The summed E-state index contributed by atoms with van der Waals surface area (Å²) in [5.74, 6) is -0.753. The van der Waals surface area contributed by atoms with Crippen LogP contribution in [0.4, 0.5) is 29.7 Å². The first kappa shape index (κ1) is 24.0. The second-order valence-corrected chi connectivity index (χ2v) is 7.55. The Hall–Kier alpha value is -3.66. The first-order valence-electron chi connectivity index (χ1n) is 9.83. The van der Waals surface area contributed by atoms with Crippen molar-refractivity contribution in [3.63, 3.8) is 0 Å². The minimum atomic E-state index is -4.56. The minimum Gasteiger partial charge on any atom is -0.492 e. The van der Waals surface area contributed by atoms with Crippen molar-refractivity contribution in [2.24, 2.45) is 0 Å². The zero-order valence-electron chi connectivity index (χ0n) is 17.7. The summed E-state index contributed by atoms with van der Waals surface area (Å²) < 4.78 is 44.4. The molecule has 33 heavy (non-hydrogen) atoms. The number of rotatable bonds is 7. The minimum absolute atomic E-state index is 0.0906. The van der Waals surface area contributed by atoms with E-state index < -0.39 is 17.6 Å². The maximum Gasteiger partial charge on any atom is 0.416 e. The monoisotopic (exact) mass is 475 g/mol. The van der Waals surface area contributed by atoms with Gasteiger partial charge >= 0.3 is 6.18 Å². The van der Waals surface area contributed by atoms with Gasteiger partial charge in [0, 0.05) is 18.4 Å². The second-order valence-electron chi connectivity index (χ2n) is 6.71. The molecule has 0 aliphatic rings. The van der Waals surface area contributed by atoms with Crippen LogP contribution in [0.5, 0.6) is 5.75 Å². The van der Waals surface area contributed by atoms with Gasteiger partial charge in [-0.25, -0.2) is 4.98 Å². The molecule has 2 aromatic carbocycles. The normalized spacial score (nSPS) is 11.4. The Kier molecular flexibility index (Phi) is 7.49. The van der Waals surface area contributed by atoms with E-state index in [0.717, 1.165) is 24.3 Å². The van der Waals surface area contributed by atoms with Gasteiger partial charge in [-0.2, -0.15) is 13.2 Å². The van der Waals surface area contributed by atoms with Gasteiger partial charge in [0.05, 0.1) is 29.2 Å². The lowest BCUT2D eigenvalue weighted by molar-refractivity contribution is -0.137. The Morgan fingerprint density at radius 3 is 2.55 bits per heavy atom. The number of hydrogen-bond donors (Lipinski definition) is 1. The number of amides is 2. The third-order valence-electron chi connectivity index (χ3n) is 4.30. The van der Waals surface area contributed by atoms with Crippen molar-refractivity contribution < 1.29 is 27.5 Å². The number of hydrogen-bond acceptors (Lipinski definition) is 5. The van der Waals surface area contributed by atoms with Crippen LogP contribution in [-0.4, -0.2) is 23.4 Å². The molecule has 0 radical (unpaired) electrons. The molecule has 1 aromatic heterocycles. The van der Waals surface area contributed by atoms with Crippen LogP contribution in [0.2, 0.25) is 0 Å². The fourth-order valence-electron chi connectivity index (χ4n) is 2.88. The summed E-state index contributed by atoms with van der Waals surface area (Å²) in [6.45, 7) is 3.32. The number of halogens is 3. The number of para-hydroxylation sites is 1. The fraction of sp³-hybridized carbons (Fsp3) is 0.174. The number of aromatic nitrogens is 1. The highest BCUT2D eigenvalue weighted by molar-refractivity contribution is 7.14. The average Bonchev–Trinajstić information content (AvgIpc) is 3.22. The Labute approximate surface area is 192 Å². The molecule has 172 valence electrons. The second kappa shape index (κ2) is 10.3. The predicted molar refractivity (Wildman–Crippen MR) is 122 cm³/mol. The predicted octanol–water partition coefficient (Wildman–Crippen LogP) is 5.90. The molecule has 3 rings (SSSR count). The largest absolute Gasteiger partial charge is 0.492 e. The Bertz CT molecular complexity index is 1160. The first-order chi connectivity index (χ1) is 15.7. The third kappa shape index (κ3) is 6.19. The third-order valence-corrected chi connectivity index (χ3v) is 5.14. The molecule has 3 aromatic rings. The summed E-state index contributed by atoms with van der Waals surface area (Å²) in [5.41, 5.74) is 0.0776. The number of benzene rings is 2. The van der Waals surface area contributed by atoms with E-state index in [1.165, 1.54) is 29.2 Å². The van der Waals surface area contributed by atoms with Gasteiger partial charge < -0.3 is 10.1 Å². The van der Waals surface area contributed by atoms with Crippen molar-refractivity contribution >= 4 is 45.7 Å². The molecule has 0 atom stereocenters. The summed E-state index contributed by atoms with van der Waals surface area (Å²) in [5, 5.41) is 4.49. The number of nitrogens with one attached hydrogen (secondary N) is 1. The molecule has 1 heterocycles. The van der Waals surface area contributed by atoms with Gasteiger partial charge in [-0.3, -0.25) is 14.5 Å². The van der Waals surface area contributed by atoms with E-state index in [1.54, 1.807) is 36.6 Å². The number of carbonyl (C=O) groups excluding carboxylic acids is 2. The molecule has 0 saturated carbocycles. The standard InChI is InChI=1S/C23H20F3N3O3S/c1-3-32-20-11-9-16(23(24,25)26)13-19(20)28-21(31)12-10-17-14-33-22(27-17)29(15(2)30)18-7-5-4-6-8-18/h4-14H,3H2,1-2H3,(H,28,31)/b12-10+. The van der Waals surface area contributed by atoms with Crippen LogP contribution in [-0.2, 0) is 15.8 Å². The maximum atomic E-state index is 13.0. The van der Waals surface area contributed by atoms with Gasteiger partial charge in [0.15, 0.2) is 5.13 Å². The van der Waals surface area contributed by atoms with E-state index in [2.05, 4.69) is 10.3 Å². The quantitative estimate of drug-likeness (QED) is 0.432. The Balaban J connectivity index is 1.77. The van der Waals surface area contributed by atoms with Gasteiger partial charge in [-0.1, -0.05) is 18.2 Å². The summed E-state index contributed by atoms with van der Waals surface area (Å²) >= 11 is 1.22. The number of anilines is 3. The lowest BCUT2D eigenvalue weighted by Crippen LogP contribution is -2.22. The lowest BCUT2D eigenvalue weighted by Gasteiger charge is -2.17. The molecule has 0 saturated heterocycles. The van der Waals surface area contributed by atoms with Crippen LogP contribution in [0.3, 0.4) is 0 Å². The summed E-state index contributed by atoms with van der Waals surface area (Å²) in [4.78, 5) is 30.3. The lowest BCUT2D eigenvalue weighted by atomic mass is 10.1. The number of thiazole rings is 1. The average molecular weight is 475 g/mol. The van der Waals surface area contributed by atoms with Crippen LogP contribution in [0, 0.1) is 0 Å². The van der Waals surface area contributed by atoms with Gasteiger partial charge in [-0.05, 0) is 43.3 Å². The van der Waals surface area contributed by atoms with Crippen LogP contribution >= 0.6 is 11.3 Å². The molecule has 0 fully saturated rings. The molecule has 0 unspecified atom stereocenters. The molecule has 0 spiro atoms. The van der Waals surface area contributed by atoms with Crippen molar-refractivity contribution in [2.45, 2.75) is 20.0 Å².